The molecule has 3 rings (SSSR count). The number of hydrogen-bond acceptors (Lipinski definition) is 4. The maximum Gasteiger partial charge on any atom is 0.236 e. The van der Waals surface area contributed by atoms with E-state index < -0.39 is 0 Å². The van der Waals surface area contributed by atoms with E-state index in [0.29, 0.717) is 31.5 Å². The van der Waals surface area contributed by atoms with Gasteiger partial charge in [0.1, 0.15) is 5.82 Å². The van der Waals surface area contributed by atoms with Crippen molar-refractivity contribution in [3.8, 4) is 11.3 Å². The minimum Gasteiger partial charge on any atom is -0.378 e. The Labute approximate surface area is 151 Å². The van der Waals surface area contributed by atoms with Crippen molar-refractivity contribution in [2.24, 2.45) is 5.92 Å². The quantitative estimate of drug-likeness (QED) is 0.829. The van der Waals surface area contributed by atoms with Crippen LogP contribution >= 0.6 is 11.8 Å². The molecule has 1 aromatic heterocycles. The molecule has 2 heterocycles. The molecule has 1 unspecified atom stereocenters. The number of amides is 1. The molecule has 2 aromatic rings. The van der Waals surface area contributed by atoms with Crippen LogP contribution in [0.2, 0.25) is 0 Å². The predicted molar refractivity (Wildman–Crippen MR) is 95.9 cm³/mol. The van der Waals surface area contributed by atoms with Gasteiger partial charge in [-0.05, 0) is 35.7 Å². The maximum atomic E-state index is 13.1. The van der Waals surface area contributed by atoms with Gasteiger partial charge in [-0.25, -0.2) is 9.37 Å². The summed E-state index contributed by atoms with van der Waals surface area (Å²) < 4.78 is 18.4. The first-order valence-electron chi connectivity index (χ1n) is 8.38. The molecular weight excluding hydrogens is 341 g/mol. The van der Waals surface area contributed by atoms with E-state index in [4.69, 9.17) is 4.74 Å². The summed E-state index contributed by atoms with van der Waals surface area (Å²) in [6.45, 7) is 6.55. The zero-order chi connectivity index (χ0) is 17.8. The first kappa shape index (κ1) is 17.9. The van der Waals surface area contributed by atoms with Crippen LogP contribution in [0, 0.1) is 11.7 Å². The van der Waals surface area contributed by atoms with Crippen molar-refractivity contribution in [1.82, 2.24) is 14.9 Å². The van der Waals surface area contributed by atoms with E-state index in [1.807, 2.05) is 18.7 Å². The highest BCUT2D eigenvalue weighted by Crippen LogP contribution is 2.29. The van der Waals surface area contributed by atoms with Gasteiger partial charge in [-0.2, -0.15) is 0 Å². The summed E-state index contributed by atoms with van der Waals surface area (Å²) in [6, 6.07) is 6.25. The van der Waals surface area contributed by atoms with Crippen molar-refractivity contribution in [3.05, 3.63) is 36.3 Å². The number of thioether (sulfide) groups is 1. The Balaban J connectivity index is 1.72. The number of hydrogen-bond donors (Lipinski definition) is 1. The highest BCUT2D eigenvalue weighted by Gasteiger charge is 2.30. The third-order valence-corrected chi connectivity index (χ3v) is 5.55. The van der Waals surface area contributed by atoms with Gasteiger partial charge in [-0.15, -0.1) is 0 Å². The molecule has 1 aliphatic rings. The van der Waals surface area contributed by atoms with Crippen LogP contribution in [-0.4, -0.2) is 52.3 Å². The summed E-state index contributed by atoms with van der Waals surface area (Å²) >= 11 is 1.44. The molecule has 0 aliphatic carbocycles. The number of benzene rings is 1. The lowest BCUT2D eigenvalue weighted by Crippen LogP contribution is -2.46. The average Bonchev–Trinajstić information content (AvgIpc) is 3.09. The zero-order valence-electron chi connectivity index (χ0n) is 14.4. The van der Waals surface area contributed by atoms with E-state index >= 15 is 0 Å². The van der Waals surface area contributed by atoms with Gasteiger partial charge in [-0.1, -0.05) is 25.6 Å². The summed E-state index contributed by atoms with van der Waals surface area (Å²) in [5, 5.41) is 0.491. The van der Waals surface area contributed by atoms with E-state index in [1.54, 1.807) is 18.3 Å². The van der Waals surface area contributed by atoms with Crippen molar-refractivity contribution in [3.63, 3.8) is 0 Å². The maximum absolute atomic E-state index is 13.1. The normalized spacial score (nSPS) is 16.2. The van der Waals surface area contributed by atoms with Crippen LogP contribution in [0.25, 0.3) is 11.3 Å². The standard InChI is InChI=1S/C18H22FN3O2S/c1-12(2)16(17(23)22-7-9-24-10-8-22)25-18-20-11-15(21-18)13-3-5-14(19)6-4-13/h3-6,11-12,16H,7-10H2,1-2H3,(H,20,21). The summed E-state index contributed by atoms with van der Waals surface area (Å²) in [4.78, 5) is 22.3. The fourth-order valence-corrected chi connectivity index (χ4v) is 3.74. The lowest BCUT2D eigenvalue weighted by Gasteiger charge is -2.31. The van der Waals surface area contributed by atoms with Crippen molar-refractivity contribution in [2.45, 2.75) is 24.3 Å². The molecule has 1 fully saturated rings. The van der Waals surface area contributed by atoms with Gasteiger partial charge < -0.3 is 14.6 Å². The zero-order valence-corrected chi connectivity index (χ0v) is 15.2. The number of carbonyl (C=O) groups excluding carboxylic acids is 1. The number of ether oxygens (including phenoxy) is 1. The van der Waals surface area contributed by atoms with Crippen molar-refractivity contribution in [1.29, 1.82) is 0 Å². The molecule has 1 amide bonds. The Kier molecular flexibility index (Phi) is 5.75. The Morgan fingerprint density at radius 3 is 2.60 bits per heavy atom. The average molecular weight is 363 g/mol. The molecule has 1 aromatic carbocycles. The molecule has 0 bridgehead atoms. The Morgan fingerprint density at radius 2 is 1.96 bits per heavy atom. The van der Waals surface area contributed by atoms with Gasteiger partial charge >= 0.3 is 0 Å². The number of carbonyl (C=O) groups is 1. The number of rotatable bonds is 5. The minimum atomic E-state index is -0.270. The Hall–Kier alpha value is -1.86. The second-order valence-corrected chi connectivity index (χ2v) is 7.46. The van der Waals surface area contributed by atoms with E-state index in [-0.39, 0.29) is 22.9 Å². The highest BCUT2D eigenvalue weighted by molar-refractivity contribution is 8.00. The van der Waals surface area contributed by atoms with Crippen LogP contribution in [0.3, 0.4) is 0 Å². The van der Waals surface area contributed by atoms with Gasteiger partial charge in [0.05, 0.1) is 30.4 Å². The predicted octanol–water partition coefficient (Wildman–Crippen LogP) is 3.19. The third kappa shape index (κ3) is 4.41. The molecule has 1 atom stereocenters. The molecule has 134 valence electrons. The van der Waals surface area contributed by atoms with Crippen LogP contribution < -0.4 is 0 Å². The highest BCUT2D eigenvalue weighted by atomic mass is 32.2. The number of imidazole rings is 1. The fraction of sp³-hybridized carbons (Fsp3) is 0.444. The van der Waals surface area contributed by atoms with Crippen molar-refractivity contribution >= 4 is 17.7 Å². The molecular formula is C18H22FN3O2S. The van der Waals surface area contributed by atoms with Crippen LogP contribution in [-0.2, 0) is 9.53 Å². The second-order valence-electron chi connectivity index (χ2n) is 6.33. The molecule has 1 saturated heterocycles. The van der Waals surface area contributed by atoms with E-state index in [9.17, 15) is 9.18 Å². The van der Waals surface area contributed by atoms with E-state index in [2.05, 4.69) is 9.97 Å². The van der Waals surface area contributed by atoms with Crippen LogP contribution in [0.5, 0.6) is 0 Å². The topological polar surface area (TPSA) is 58.2 Å². The summed E-state index contributed by atoms with van der Waals surface area (Å²) in [7, 11) is 0. The van der Waals surface area contributed by atoms with Gasteiger partial charge in [0, 0.05) is 13.1 Å². The first-order valence-corrected chi connectivity index (χ1v) is 9.26. The molecule has 25 heavy (non-hydrogen) atoms. The monoisotopic (exact) mass is 363 g/mol. The second kappa shape index (κ2) is 8.01. The van der Waals surface area contributed by atoms with Gasteiger partial charge in [0.2, 0.25) is 5.91 Å². The number of aromatic amines is 1. The van der Waals surface area contributed by atoms with Crippen LogP contribution in [0.4, 0.5) is 4.39 Å². The number of morpholine rings is 1. The summed E-state index contributed by atoms with van der Waals surface area (Å²) in [5.41, 5.74) is 1.67. The summed E-state index contributed by atoms with van der Waals surface area (Å²) in [5.74, 6) is 0.0385. The molecule has 7 heteroatoms. The molecule has 5 nitrogen and oxygen atoms in total. The molecule has 0 radical (unpaired) electrons. The van der Waals surface area contributed by atoms with Crippen molar-refractivity contribution in [2.75, 3.05) is 26.3 Å². The van der Waals surface area contributed by atoms with Crippen LogP contribution in [0.15, 0.2) is 35.6 Å². The largest absolute Gasteiger partial charge is 0.378 e. The number of nitrogens with zero attached hydrogens (tertiary/aromatic N) is 2. The molecule has 1 N–H and O–H groups in total. The summed E-state index contributed by atoms with van der Waals surface area (Å²) in [6.07, 6.45) is 1.71. The van der Waals surface area contributed by atoms with E-state index in [0.717, 1.165) is 11.3 Å². The number of H-pyrrole nitrogens is 1. The SMILES string of the molecule is CC(C)C(Sc1ncc(-c2ccc(F)cc2)[nH]1)C(=O)N1CCOCC1. The van der Waals surface area contributed by atoms with Gasteiger partial charge in [-0.3, -0.25) is 4.79 Å². The number of nitrogens with one attached hydrogen (secondary N) is 1. The smallest absolute Gasteiger partial charge is 0.236 e. The number of aromatic nitrogens is 2. The molecule has 0 spiro atoms. The molecule has 0 saturated carbocycles. The van der Waals surface area contributed by atoms with Gasteiger partial charge in [0.15, 0.2) is 5.16 Å². The molecule has 1 aliphatic heterocycles. The van der Waals surface area contributed by atoms with Gasteiger partial charge in [0.25, 0.3) is 0 Å². The Bertz CT molecular complexity index is 711. The van der Waals surface area contributed by atoms with E-state index in [1.165, 1.54) is 23.9 Å². The Morgan fingerprint density at radius 1 is 1.28 bits per heavy atom. The lowest BCUT2D eigenvalue weighted by atomic mass is 10.1. The van der Waals surface area contributed by atoms with Crippen molar-refractivity contribution < 1.29 is 13.9 Å². The minimum absolute atomic E-state index is 0.128. The van der Waals surface area contributed by atoms with Crippen LogP contribution in [0.1, 0.15) is 13.8 Å². The first-order chi connectivity index (χ1) is 12.0. The fourth-order valence-electron chi connectivity index (χ4n) is 2.69. The number of halogens is 1. The third-order valence-electron chi connectivity index (χ3n) is 4.12. The lowest BCUT2D eigenvalue weighted by molar-refractivity contribution is -0.135.